The van der Waals surface area contributed by atoms with Gasteiger partial charge in [0.05, 0.1) is 18.0 Å². The SMILES string of the molecule is CN(C)c1ccccc1NCc1cc(NCCO)ccc1N. The Morgan fingerprint density at radius 1 is 1.09 bits per heavy atom. The molecule has 2 rings (SSSR count). The van der Waals surface area contributed by atoms with Crippen molar-refractivity contribution in [3.05, 3.63) is 48.0 Å². The fourth-order valence-electron chi connectivity index (χ4n) is 2.27. The molecule has 0 aromatic heterocycles. The van der Waals surface area contributed by atoms with Gasteiger partial charge in [-0.1, -0.05) is 12.1 Å². The highest BCUT2D eigenvalue weighted by atomic mass is 16.3. The molecule has 0 amide bonds. The maximum Gasteiger partial charge on any atom is 0.0604 e. The van der Waals surface area contributed by atoms with Crippen molar-refractivity contribution in [1.82, 2.24) is 0 Å². The molecule has 5 N–H and O–H groups in total. The molecule has 0 heterocycles. The average molecular weight is 300 g/mol. The lowest BCUT2D eigenvalue weighted by atomic mass is 10.1. The predicted molar refractivity (Wildman–Crippen MR) is 94.5 cm³/mol. The molecule has 5 heteroatoms. The molecule has 2 aromatic rings. The molecule has 0 saturated heterocycles. The van der Waals surface area contributed by atoms with Gasteiger partial charge in [-0.15, -0.1) is 0 Å². The highest BCUT2D eigenvalue weighted by molar-refractivity contribution is 5.70. The molecule has 0 radical (unpaired) electrons. The Labute approximate surface area is 131 Å². The molecule has 0 aliphatic heterocycles. The largest absolute Gasteiger partial charge is 0.398 e. The fraction of sp³-hybridized carbons (Fsp3) is 0.294. The van der Waals surface area contributed by atoms with E-state index in [0.29, 0.717) is 13.1 Å². The Balaban J connectivity index is 2.11. The van der Waals surface area contributed by atoms with Gasteiger partial charge in [0.1, 0.15) is 0 Å². The molecular formula is C17H24N4O. The number of nitrogens with two attached hydrogens (primary N) is 1. The molecule has 0 spiro atoms. The van der Waals surface area contributed by atoms with Crippen LogP contribution in [0.4, 0.5) is 22.7 Å². The van der Waals surface area contributed by atoms with Crippen molar-refractivity contribution in [1.29, 1.82) is 0 Å². The Bertz CT molecular complexity index is 613. The minimum absolute atomic E-state index is 0.105. The number of benzene rings is 2. The van der Waals surface area contributed by atoms with Crippen LogP contribution in [0, 0.1) is 0 Å². The van der Waals surface area contributed by atoms with Crippen LogP contribution in [0.5, 0.6) is 0 Å². The van der Waals surface area contributed by atoms with E-state index < -0.39 is 0 Å². The summed E-state index contributed by atoms with van der Waals surface area (Å²) < 4.78 is 0. The van der Waals surface area contributed by atoms with E-state index in [1.54, 1.807) is 0 Å². The first-order valence-corrected chi connectivity index (χ1v) is 7.35. The Kier molecular flexibility index (Phi) is 5.49. The van der Waals surface area contributed by atoms with Gasteiger partial charge in [-0.2, -0.15) is 0 Å². The summed E-state index contributed by atoms with van der Waals surface area (Å²) in [6.07, 6.45) is 0. The minimum atomic E-state index is 0.105. The van der Waals surface area contributed by atoms with Crippen molar-refractivity contribution in [2.75, 3.05) is 48.5 Å². The van der Waals surface area contributed by atoms with E-state index in [1.807, 2.05) is 44.4 Å². The van der Waals surface area contributed by atoms with E-state index in [9.17, 15) is 0 Å². The summed E-state index contributed by atoms with van der Waals surface area (Å²) in [5.74, 6) is 0. The van der Waals surface area contributed by atoms with Crippen LogP contribution in [0.25, 0.3) is 0 Å². The van der Waals surface area contributed by atoms with Gasteiger partial charge < -0.3 is 26.4 Å². The average Bonchev–Trinajstić information content (AvgIpc) is 2.53. The van der Waals surface area contributed by atoms with E-state index in [2.05, 4.69) is 27.7 Å². The van der Waals surface area contributed by atoms with Crippen LogP contribution < -0.4 is 21.3 Å². The highest BCUT2D eigenvalue weighted by Gasteiger charge is 2.05. The van der Waals surface area contributed by atoms with Gasteiger partial charge in [0.2, 0.25) is 0 Å². The van der Waals surface area contributed by atoms with Crippen LogP contribution in [0.3, 0.4) is 0 Å². The molecule has 0 aliphatic carbocycles. The van der Waals surface area contributed by atoms with Gasteiger partial charge in [0.25, 0.3) is 0 Å². The van der Waals surface area contributed by atoms with E-state index >= 15 is 0 Å². The zero-order valence-electron chi connectivity index (χ0n) is 13.1. The Morgan fingerprint density at radius 3 is 2.59 bits per heavy atom. The number of aliphatic hydroxyl groups excluding tert-OH is 1. The zero-order valence-corrected chi connectivity index (χ0v) is 13.1. The number of nitrogens with zero attached hydrogens (tertiary/aromatic N) is 1. The second-order valence-corrected chi connectivity index (χ2v) is 5.33. The lowest BCUT2D eigenvalue weighted by Crippen LogP contribution is -2.12. The zero-order chi connectivity index (χ0) is 15.9. The molecule has 0 unspecified atom stereocenters. The normalized spacial score (nSPS) is 10.3. The molecule has 5 nitrogen and oxygen atoms in total. The first kappa shape index (κ1) is 16.0. The standard InChI is InChI=1S/C17H24N4O/c1-21(2)17-6-4-3-5-16(17)20-12-13-11-14(19-9-10-22)7-8-15(13)18/h3-8,11,19-20,22H,9-10,12,18H2,1-2H3. The van der Waals surface area contributed by atoms with E-state index in [4.69, 9.17) is 10.8 Å². The number of aliphatic hydroxyl groups is 1. The maximum absolute atomic E-state index is 8.88. The topological polar surface area (TPSA) is 73.5 Å². The molecule has 22 heavy (non-hydrogen) atoms. The van der Waals surface area contributed by atoms with Crippen LogP contribution in [0.1, 0.15) is 5.56 Å². The number of nitrogen functional groups attached to an aromatic ring is 1. The summed E-state index contributed by atoms with van der Waals surface area (Å²) in [6, 6.07) is 14.0. The van der Waals surface area contributed by atoms with E-state index in [1.165, 1.54) is 0 Å². The highest BCUT2D eigenvalue weighted by Crippen LogP contribution is 2.25. The van der Waals surface area contributed by atoms with Crippen LogP contribution in [-0.4, -0.2) is 32.4 Å². The van der Waals surface area contributed by atoms with Crippen LogP contribution in [0.2, 0.25) is 0 Å². The molecular weight excluding hydrogens is 276 g/mol. The molecule has 0 saturated carbocycles. The Hall–Kier alpha value is -2.40. The van der Waals surface area contributed by atoms with Crippen molar-refractivity contribution in [3.63, 3.8) is 0 Å². The molecule has 2 aromatic carbocycles. The van der Waals surface area contributed by atoms with Gasteiger partial charge in [0.15, 0.2) is 0 Å². The van der Waals surface area contributed by atoms with Gasteiger partial charge in [-0.25, -0.2) is 0 Å². The van der Waals surface area contributed by atoms with Crippen molar-refractivity contribution < 1.29 is 5.11 Å². The number of rotatable bonds is 7. The number of hydrogen-bond donors (Lipinski definition) is 4. The van der Waals surface area contributed by atoms with Gasteiger partial charge in [-0.3, -0.25) is 0 Å². The second kappa shape index (κ2) is 7.56. The summed E-state index contributed by atoms with van der Waals surface area (Å²) in [5, 5.41) is 15.5. The number of hydrogen-bond acceptors (Lipinski definition) is 5. The third-order valence-corrected chi connectivity index (χ3v) is 3.44. The quantitative estimate of drug-likeness (QED) is 0.591. The lowest BCUT2D eigenvalue weighted by molar-refractivity contribution is 0.311. The van der Waals surface area contributed by atoms with E-state index in [-0.39, 0.29) is 6.61 Å². The van der Waals surface area contributed by atoms with Crippen molar-refractivity contribution in [2.45, 2.75) is 6.54 Å². The molecule has 0 aliphatic rings. The fourth-order valence-corrected chi connectivity index (χ4v) is 2.27. The van der Waals surface area contributed by atoms with Crippen LogP contribution >= 0.6 is 0 Å². The third-order valence-electron chi connectivity index (χ3n) is 3.44. The summed E-state index contributed by atoms with van der Waals surface area (Å²) in [4.78, 5) is 2.07. The second-order valence-electron chi connectivity index (χ2n) is 5.33. The first-order valence-electron chi connectivity index (χ1n) is 7.35. The van der Waals surface area contributed by atoms with Gasteiger partial charge >= 0.3 is 0 Å². The summed E-state index contributed by atoms with van der Waals surface area (Å²) in [6.45, 7) is 1.28. The minimum Gasteiger partial charge on any atom is -0.398 e. The van der Waals surface area contributed by atoms with Crippen molar-refractivity contribution in [3.8, 4) is 0 Å². The number of anilines is 4. The maximum atomic E-state index is 8.88. The monoisotopic (exact) mass is 300 g/mol. The van der Waals surface area contributed by atoms with Crippen molar-refractivity contribution >= 4 is 22.7 Å². The van der Waals surface area contributed by atoms with Gasteiger partial charge in [-0.05, 0) is 35.9 Å². The summed E-state index contributed by atoms with van der Waals surface area (Å²) in [5.41, 5.74) is 11.0. The first-order chi connectivity index (χ1) is 10.6. The Morgan fingerprint density at radius 2 is 1.86 bits per heavy atom. The molecule has 0 fully saturated rings. The summed E-state index contributed by atoms with van der Waals surface area (Å²) >= 11 is 0. The smallest absolute Gasteiger partial charge is 0.0604 e. The number of para-hydroxylation sites is 2. The molecule has 0 bridgehead atoms. The van der Waals surface area contributed by atoms with Crippen LogP contribution in [0.15, 0.2) is 42.5 Å². The van der Waals surface area contributed by atoms with Gasteiger partial charge in [0, 0.05) is 38.6 Å². The van der Waals surface area contributed by atoms with Crippen LogP contribution in [-0.2, 0) is 6.54 Å². The van der Waals surface area contributed by atoms with E-state index in [0.717, 1.165) is 28.3 Å². The predicted octanol–water partition coefficient (Wildman–Crippen LogP) is 2.35. The number of nitrogens with one attached hydrogen (secondary N) is 2. The third kappa shape index (κ3) is 4.05. The van der Waals surface area contributed by atoms with Crippen molar-refractivity contribution in [2.24, 2.45) is 0 Å². The molecule has 0 atom stereocenters. The lowest BCUT2D eigenvalue weighted by Gasteiger charge is -2.19. The molecule has 118 valence electrons. The summed E-state index contributed by atoms with van der Waals surface area (Å²) in [7, 11) is 4.04.